The maximum Gasteiger partial charge on any atom is 0.335 e. The van der Waals surface area contributed by atoms with Crippen molar-refractivity contribution in [3.63, 3.8) is 0 Å². The van der Waals surface area contributed by atoms with E-state index in [9.17, 15) is 19.5 Å². The second-order valence-corrected chi connectivity index (χ2v) is 9.69. The van der Waals surface area contributed by atoms with Crippen molar-refractivity contribution in [1.29, 1.82) is 0 Å². The normalized spacial score (nSPS) is 11.3. The van der Waals surface area contributed by atoms with Gasteiger partial charge in [0, 0.05) is 16.1 Å². The Balaban J connectivity index is 1.50. The first-order chi connectivity index (χ1) is 18.3. The van der Waals surface area contributed by atoms with Gasteiger partial charge in [0.05, 0.1) is 23.4 Å². The first kappa shape index (κ1) is 26.8. The van der Waals surface area contributed by atoms with E-state index in [1.54, 1.807) is 43.5 Å². The zero-order chi connectivity index (χ0) is 27.1. The van der Waals surface area contributed by atoms with Crippen molar-refractivity contribution in [2.24, 2.45) is 0 Å². The van der Waals surface area contributed by atoms with Crippen molar-refractivity contribution in [3.8, 4) is 5.75 Å². The van der Waals surface area contributed by atoms with Crippen LogP contribution in [0.2, 0.25) is 5.02 Å². The highest BCUT2D eigenvalue weighted by molar-refractivity contribution is 8.00. The summed E-state index contributed by atoms with van der Waals surface area (Å²) in [7, 11) is 1.56. The van der Waals surface area contributed by atoms with Crippen LogP contribution in [0.3, 0.4) is 0 Å². The van der Waals surface area contributed by atoms with E-state index >= 15 is 0 Å². The predicted octanol–water partition coefficient (Wildman–Crippen LogP) is 6.77. The SMILES string of the molecule is COc1ccc(C(=O)Nc2ccc(SC(C(=O)Nc3cc(C(=O)O)ccc3Cl)c3ccccc3)cc2)cc1. The average molecular weight is 547 g/mol. The second kappa shape index (κ2) is 12.3. The van der Waals surface area contributed by atoms with Crippen LogP contribution >= 0.6 is 23.4 Å². The lowest BCUT2D eigenvalue weighted by Gasteiger charge is -2.18. The lowest BCUT2D eigenvalue weighted by molar-refractivity contribution is -0.115. The number of anilines is 2. The Morgan fingerprint density at radius 3 is 2.13 bits per heavy atom. The molecule has 0 bridgehead atoms. The Bertz CT molecular complexity index is 1440. The Morgan fingerprint density at radius 1 is 0.842 bits per heavy atom. The van der Waals surface area contributed by atoms with Crippen LogP contribution in [0.15, 0.2) is 102 Å². The first-order valence-electron chi connectivity index (χ1n) is 11.4. The number of thioether (sulfide) groups is 1. The summed E-state index contributed by atoms with van der Waals surface area (Å²) < 4.78 is 5.12. The highest BCUT2D eigenvalue weighted by Gasteiger charge is 2.23. The molecule has 1 unspecified atom stereocenters. The quantitative estimate of drug-likeness (QED) is 0.200. The number of hydrogen-bond acceptors (Lipinski definition) is 5. The van der Waals surface area contributed by atoms with E-state index in [1.807, 2.05) is 42.5 Å². The number of carbonyl (C=O) groups is 3. The Labute approximate surface area is 228 Å². The topological polar surface area (TPSA) is 105 Å². The van der Waals surface area contributed by atoms with Gasteiger partial charge < -0.3 is 20.5 Å². The summed E-state index contributed by atoms with van der Waals surface area (Å²) in [6, 6.07) is 27.3. The summed E-state index contributed by atoms with van der Waals surface area (Å²) in [4.78, 5) is 38.1. The molecule has 3 N–H and O–H groups in total. The van der Waals surface area contributed by atoms with Crippen LogP contribution in [-0.2, 0) is 4.79 Å². The number of aromatic carboxylic acids is 1. The molecule has 38 heavy (non-hydrogen) atoms. The fourth-order valence-electron chi connectivity index (χ4n) is 3.55. The van der Waals surface area contributed by atoms with Gasteiger partial charge in [-0.05, 0) is 72.3 Å². The van der Waals surface area contributed by atoms with E-state index in [2.05, 4.69) is 10.6 Å². The molecule has 1 atom stereocenters. The third-order valence-electron chi connectivity index (χ3n) is 5.53. The smallest absolute Gasteiger partial charge is 0.335 e. The van der Waals surface area contributed by atoms with Crippen molar-refractivity contribution in [2.75, 3.05) is 17.7 Å². The average Bonchev–Trinajstić information content (AvgIpc) is 2.94. The lowest BCUT2D eigenvalue weighted by atomic mass is 10.1. The van der Waals surface area contributed by atoms with Gasteiger partial charge in [-0.3, -0.25) is 9.59 Å². The number of carboxylic acids is 1. The van der Waals surface area contributed by atoms with Gasteiger partial charge in [-0.1, -0.05) is 41.9 Å². The summed E-state index contributed by atoms with van der Waals surface area (Å²) in [6.07, 6.45) is 0. The molecule has 0 aliphatic heterocycles. The molecule has 0 aromatic heterocycles. The van der Waals surface area contributed by atoms with Gasteiger partial charge in [0.1, 0.15) is 11.0 Å². The van der Waals surface area contributed by atoms with E-state index in [1.165, 1.54) is 30.0 Å². The molecule has 0 spiro atoms. The monoisotopic (exact) mass is 546 g/mol. The molecule has 0 radical (unpaired) electrons. The van der Waals surface area contributed by atoms with Crippen LogP contribution in [0.5, 0.6) is 5.75 Å². The molecule has 9 heteroatoms. The molecule has 192 valence electrons. The van der Waals surface area contributed by atoms with Gasteiger partial charge in [-0.15, -0.1) is 11.8 Å². The number of rotatable bonds is 9. The molecule has 0 saturated carbocycles. The summed E-state index contributed by atoms with van der Waals surface area (Å²) in [5.41, 5.74) is 2.09. The standard InChI is InChI=1S/C29H23ClN2O5S/c1-37-22-12-7-19(8-13-22)27(33)31-21-10-14-23(15-11-21)38-26(18-5-3-2-4-6-18)28(34)32-25-17-20(29(35)36)9-16-24(25)30/h2-17,26H,1H3,(H,31,33)(H,32,34)(H,35,36). The highest BCUT2D eigenvalue weighted by Crippen LogP contribution is 2.37. The van der Waals surface area contributed by atoms with E-state index in [-0.39, 0.29) is 28.1 Å². The van der Waals surface area contributed by atoms with Crippen molar-refractivity contribution in [3.05, 3.63) is 119 Å². The summed E-state index contributed by atoms with van der Waals surface area (Å²) in [5.74, 6) is -1.07. The Kier molecular flexibility index (Phi) is 8.68. The third kappa shape index (κ3) is 6.73. The maximum atomic E-state index is 13.4. The van der Waals surface area contributed by atoms with Crippen LogP contribution in [0.25, 0.3) is 0 Å². The van der Waals surface area contributed by atoms with Crippen LogP contribution in [0.1, 0.15) is 31.5 Å². The Hall–Kier alpha value is -4.27. The zero-order valence-corrected chi connectivity index (χ0v) is 21.8. The van der Waals surface area contributed by atoms with Gasteiger partial charge in [0.15, 0.2) is 0 Å². The first-order valence-corrected chi connectivity index (χ1v) is 12.7. The maximum absolute atomic E-state index is 13.4. The number of halogens is 1. The molecular weight excluding hydrogens is 524 g/mol. The molecule has 0 aliphatic rings. The van der Waals surface area contributed by atoms with Crippen molar-refractivity contribution < 1.29 is 24.2 Å². The summed E-state index contributed by atoms with van der Waals surface area (Å²) >= 11 is 7.53. The molecular formula is C29H23ClN2O5S. The number of hydrogen-bond donors (Lipinski definition) is 3. The number of benzene rings is 4. The number of carbonyl (C=O) groups excluding carboxylic acids is 2. The van der Waals surface area contributed by atoms with Crippen molar-refractivity contribution in [2.45, 2.75) is 10.1 Å². The molecule has 0 aliphatic carbocycles. The molecule has 0 heterocycles. The lowest BCUT2D eigenvalue weighted by Crippen LogP contribution is -2.19. The zero-order valence-electron chi connectivity index (χ0n) is 20.2. The minimum atomic E-state index is -1.12. The van der Waals surface area contributed by atoms with E-state index in [0.717, 1.165) is 10.5 Å². The molecule has 4 aromatic carbocycles. The van der Waals surface area contributed by atoms with Crippen molar-refractivity contribution >= 4 is 52.5 Å². The van der Waals surface area contributed by atoms with Gasteiger partial charge in [0.25, 0.3) is 5.91 Å². The Morgan fingerprint density at radius 2 is 1.50 bits per heavy atom. The minimum Gasteiger partial charge on any atom is -0.497 e. The molecule has 7 nitrogen and oxygen atoms in total. The molecule has 4 aromatic rings. The molecule has 0 saturated heterocycles. The molecule has 4 rings (SSSR count). The van der Waals surface area contributed by atoms with Gasteiger partial charge in [-0.2, -0.15) is 0 Å². The molecule has 2 amide bonds. The van der Waals surface area contributed by atoms with Gasteiger partial charge >= 0.3 is 5.97 Å². The minimum absolute atomic E-state index is 0.0147. The predicted molar refractivity (Wildman–Crippen MR) is 149 cm³/mol. The van der Waals surface area contributed by atoms with Crippen LogP contribution in [0.4, 0.5) is 11.4 Å². The highest BCUT2D eigenvalue weighted by atomic mass is 35.5. The van der Waals surface area contributed by atoms with E-state index < -0.39 is 11.2 Å². The van der Waals surface area contributed by atoms with Gasteiger partial charge in [-0.25, -0.2) is 4.79 Å². The fraction of sp³-hybridized carbons (Fsp3) is 0.0690. The summed E-state index contributed by atoms with van der Waals surface area (Å²) in [5, 5.41) is 14.5. The number of methoxy groups -OCH3 is 1. The van der Waals surface area contributed by atoms with Crippen molar-refractivity contribution in [1.82, 2.24) is 0 Å². The molecule has 0 fully saturated rings. The van der Waals surface area contributed by atoms with Crippen LogP contribution < -0.4 is 15.4 Å². The van der Waals surface area contributed by atoms with Gasteiger partial charge in [0.2, 0.25) is 5.91 Å². The third-order valence-corrected chi connectivity index (χ3v) is 7.13. The number of amides is 2. The number of ether oxygens (including phenoxy) is 1. The van der Waals surface area contributed by atoms with Crippen LogP contribution in [-0.4, -0.2) is 30.0 Å². The van der Waals surface area contributed by atoms with Crippen LogP contribution in [0, 0.1) is 0 Å². The number of nitrogens with one attached hydrogen (secondary N) is 2. The number of carboxylic acid groups (broad SMARTS) is 1. The fourth-order valence-corrected chi connectivity index (χ4v) is 4.74. The van der Waals surface area contributed by atoms with E-state index in [0.29, 0.717) is 17.0 Å². The largest absolute Gasteiger partial charge is 0.497 e. The summed E-state index contributed by atoms with van der Waals surface area (Å²) in [6.45, 7) is 0. The second-order valence-electron chi connectivity index (χ2n) is 8.10. The van der Waals surface area contributed by atoms with E-state index in [4.69, 9.17) is 16.3 Å².